The average molecular weight is 228 g/mol. The highest BCUT2D eigenvalue weighted by Crippen LogP contribution is 2.10. The molecule has 1 aromatic rings. The first kappa shape index (κ1) is 8.94. The molecule has 1 unspecified atom stereocenters. The number of carbonyl (C=O) groups is 1. The SMILES string of the molecule is [C-]#[N+]C(Br)C(=O)c1cnn(C)c1. The lowest BCUT2D eigenvalue weighted by Crippen LogP contribution is -2.08. The van der Waals surface area contributed by atoms with Gasteiger partial charge in [0.2, 0.25) is 0 Å². The summed E-state index contributed by atoms with van der Waals surface area (Å²) in [5.41, 5.74) is 0.454. The third kappa shape index (κ3) is 1.71. The van der Waals surface area contributed by atoms with E-state index >= 15 is 0 Å². The molecule has 0 saturated heterocycles. The van der Waals surface area contributed by atoms with Gasteiger partial charge >= 0.3 is 4.95 Å². The van der Waals surface area contributed by atoms with Gasteiger partial charge in [0.25, 0.3) is 5.78 Å². The number of Topliss-reactive ketones (excluding diaryl/α,β-unsaturated/α-hetero) is 1. The van der Waals surface area contributed by atoms with Gasteiger partial charge in [0.15, 0.2) is 0 Å². The maximum atomic E-state index is 11.3. The number of hydrogen-bond acceptors (Lipinski definition) is 2. The van der Waals surface area contributed by atoms with Crippen LogP contribution in [0.2, 0.25) is 0 Å². The van der Waals surface area contributed by atoms with Crippen molar-refractivity contribution in [2.45, 2.75) is 4.95 Å². The Morgan fingerprint density at radius 1 is 1.92 bits per heavy atom. The first-order valence-corrected chi connectivity index (χ1v) is 4.10. The highest BCUT2D eigenvalue weighted by atomic mass is 79.9. The molecule has 12 heavy (non-hydrogen) atoms. The smallest absolute Gasteiger partial charge is 0.292 e. The van der Waals surface area contributed by atoms with Crippen LogP contribution in [0.25, 0.3) is 4.85 Å². The van der Waals surface area contributed by atoms with E-state index in [0.717, 1.165) is 0 Å². The predicted octanol–water partition coefficient (Wildman–Crippen LogP) is 1.24. The van der Waals surface area contributed by atoms with E-state index < -0.39 is 4.95 Å². The minimum atomic E-state index is -0.790. The summed E-state index contributed by atoms with van der Waals surface area (Å²) < 4.78 is 1.52. The van der Waals surface area contributed by atoms with Gasteiger partial charge in [-0.25, -0.2) is 6.57 Å². The van der Waals surface area contributed by atoms with Gasteiger partial charge in [0, 0.05) is 29.2 Å². The van der Waals surface area contributed by atoms with Crippen LogP contribution in [0, 0.1) is 6.57 Å². The van der Waals surface area contributed by atoms with Crippen molar-refractivity contribution in [1.82, 2.24) is 9.78 Å². The molecule has 0 fully saturated rings. The molecule has 0 aliphatic carbocycles. The molecule has 1 aromatic heterocycles. The fourth-order valence-corrected chi connectivity index (χ4v) is 1.01. The van der Waals surface area contributed by atoms with Gasteiger partial charge in [-0.05, 0) is 0 Å². The van der Waals surface area contributed by atoms with Crippen LogP contribution in [0.15, 0.2) is 12.4 Å². The van der Waals surface area contributed by atoms with Gasteiger partial charge in [0.1, 0.15) is 0 Å². The van der Waals surface area contributed by atoms with E-state index in [2.05, 4.69) is 25.9 Å². The summed E-state index contributed by atoms with van der Waals surface area (Å²) in [6.45, 7) is 6.63. The summed E-state index contributed by atoms with van der Waals surface area (Å²) in [7, 11) is 1.72. The number of aryl methyl sites for hydroxylation is 1. The molecule has 62 valence electrons. The number of alkyl halides is 1. The normalized spacial score (nSPS) is 12.1. The topological polar surface area (TPSA) is 39.2 Å². The second-order valence-corrected chi connectivity index (χ2v) is 3.10. The van der Waals surface area contributed by atoms with Gasteiger partial charge in [-0.1, -0.05) is 0 Å². The highest BCUT2D eigenvalue weighted by Gasteiger charge is 2.21. The number of nitrogens with zero attached hydrogens (tertiary/aromatic N) is 3. The fraction of sp³-hybridized carbons (Fsp3) is 0.286. The van der Waals surface area contributed by atoms with Gasteiger partial charge in [-0.15, -0.1) is 0 Å². The lowest BCUT2D eigenvalue weighted by atomic mass is 10.2. The molecule has 0 N–H and O–H groups in total. The van der Waals surface area contributed by atoms with Crippen LogP contribution in [-0.4, -0.2) is 20.5 Å². The fourth-order valence-electron chi connectivity index (χ4n) is 0.745. The van der Waals surface area contributed by atoms with E-state index in [9.17, 15) is 4.79 Å². The Balaban J connectivity index is 2.87. The molecular formula is C7H6BrN3O. The predicted molar refractivity (Wildman–Crippen MR) is 46.9 cm³/mol. The number of hydrogen-bond donors (Lipinski definition) is 0. The van der Waals surface area contributed by atoms with Crippen LogP contribution in [0.5, 0.6) is 0 Å². The van der Waals surface area contributed by atoms with Crippen LogP contribution >= 0.6 is 15.9 Å². The number of rotatable bonds is 2. The van der Waals surface area contributed by atoms with Gasteiger partial charge in [0.05, 0.1) is 11.8 Å². The van der Waals surface area contributed by atoms with Crippen LogP contribution in [0.4, 0.5) is 0 Å². The van der Waals surface area contributed by atoms with Crippen molar-refractivity contribution < 1.29 is 4.79 Å². The maximum absolute atomic E-state index is 11.3. The Hall–Kier alpha value is -1.15. The maximum Gasteiger partial charge on any atom is 0.338 e. The Bertz CT molecular complexity index is 339. The largest absolute Gasteiger partial charge is 0.338 e. The van der Waals surface area contributed by atoms with E-state index in [0.29, 0.717) is 5.56 Å². The van der Waals surface area contributed by atoms with Crippen molar-refractivity contribution in [2.75, 3.05) is 0 Å². The monoisotopic (exact) mass is 227 g/mol. The summed E-state index contributed by atoms with van der Waals surface area (Å²) in [4.78, 5) is 13.5. The third-order valence-corrected chi connectivity index (χ3v) is 1.94. The number of ketones is 1. The molecule has 0 aliphatic heterocycles. The van der Waals surface area contributed by atoms with Crippen LogP contribution in [0.3, 0.4) is 0 Å². The summed E-state index contributed by atoms with van der Waals surface area (Å²) >= 11 is 2.95. The second kappa shape index (κ2) is 3.50. The molecular weight excluding hydrogens is 222 g/mol. The van der Waals surface area contributed by atoms with Crippen LogP contribution in [-0.2, 0) is 7.05 Å². The second-order valence-electron chi connectivity index (χ2n) is 2.23. The molecule has 4 nitrogen and oxygen atoms in total. The molecule has 0 aliphatic rings. The van der Waals surface area contributed by atoms with Crippen molar-refractivity contribution in [3.05, 3.63) is 29.4 Å². The lowest BCUT2D eigenvalue weighted by Gasteiger charge is -1.91. The molecule has 5 heteroatoms. The van der Waals surface area contributed by atoms with Crippen LogP contribution in [0.1, 0.15) is 10.4 Å². The van der Waals surface area contributed by atoms with Crippen molar-refractivity contribution in [2.24, 2.45) is 7.05 Å². The van der Waals surface area contributed by atoms with Gasteiger partial charge in [-0.2, -0.15) is 5.10 Å². The van der Waals surface area contributed by atoms with E-state index in [1.165, 1.54) is 10.9 Å². The zero-order valence-electron chi connectivity index (χ0n) is 6.36. The van der Waals surface area contributed by atoms with Crippen molar-refractivity contribution >= 4 is 21.7 Å². The zero-order valence-corrected chi connectivity index (χ0v) is 7.95. The zero-order chi connectivity index (χ0) is 9.14. The molecule has 0 saturated carbocycles. The molecule has 0 spiro atoms. The molecule has 0 bridgehead atoms. The minimum Gasteiger partial charge on any atom is -0.292 e. The van der Waals surface area contributed by atoms with Crippen LogP contribution < -0.4 is 0 Å². The summed E-state index contributed by atoms with van der Waals surface area (Å²) in [6.07, 6.45) is 3.03. The first-order valence-electron chi connectivity index (χ1n) is 3.18. The Morgan fingerprint density at radius 2 is 2.58 bits per heavy atom. The summed E-state index contributed by atoms with van der Waals surface area (Å²) in [5.74, 6) is -0.252. The molecule has 1 heterocycles. The quantitative estimate of drug-likeness (QED) is 0.330. The standard InChI is InChI=1S/C7H6BrN3O/c1-9-7(8)6(12)5-3-10-11(2)4-5/h3-4,7H,2H3. The summed E-state index contributed by atoms with van der Waals surface area (Å²) in [6, 6.07) is 0. The number of aromatic nitrogens is 2. The van der Waals surface area contributed by atoms with E-state index in [1.807, 2.05) is 0 Å². The number of carbonyl (C=O) groups excluding carboxylic acids is 1. The first-order chi connectivity index (χ1) is 5.65. The summed E-state index contributed by atoms with van der Waals surface area (Å²) in [5, 5.41) is 3.83. The molecule has 1 rings (SSSR count). The average Bonchev–Trinajstić information content (AvgIpc) is 2.49. The lowest BCUT2D eigenvalue weighted by molar-refractivity contribution is 0.100. The molecule has 0 aromatic carbocycles. The Kier molecular flexibility index (Phi) is 2.61. The van der Waals surface area contributed by atoms with Crippen molar-refractivity contribution in [3.63, 3.8) is 0 Å². The van der Waals surface area contributed by atoms with Crippen molar-refractivity contribution in [1.29, 1.82) is 0 Å². The Labute approximate surface area is 78.1 Å². The molecule has 0 radical (unpaired) electrons. The highest BCUT2D eigenvalue weighted by molar-refractivity contribution is 9.10. The van der Waals surface area contributed by atoms with Gasteiger partial charge in [-0.3, -0.25) is 14.3 Å². The van der Waals surface area contributed by atoms with E-state index in [-0.39, 0.29) is 5.78 Å². The third-order valence-electron chi connectivity index (χ3n) is 1.32. The van der Waals surface area contributed by atoms with E-state index in [1.54, 1.807) is 13.2 Å². The van der Waals surface area contributed by atoms with Crippen molar-refractivity contribution in [3.8, 4) is 0 Å². The number of halogens is 1. The van der Waals surface area contributed by atoms with E-state index in [4.69, 9.17) is 6.57 Å². The molecule has 0 amide bonds. The molecule has 1 atom stereocenters. The van der Waals surface area contributed by atoms with Gasteiger partial charge < -0.3 is 0 Å². The minimum absolute atomic E-state index is 0.252. The Morgan fingerprint density at radius 3 is 3.00 bits per heavy atom.